The average Bonchev–Trinajstić information content (AvgIpc) is 3.26. The summed E-state index contributed by atoms with van der Waals surface area (Å²) in [5, 5.41) is 16.1. The number of aliphatic hydroxyl groups is 1. The second kappa shape index (κ2) is 8.51. The lowest BCUT2D eigenvalue weighted by molar-refractivity contribution is 0.127. The van der Waals surface area contributed by atoms with Crippen molar-refractivity contribution in [3.8, 4) is 0 Å². The summed E-state index contributed by atoms with van der Waals surface area (Å²) in [5.41, 5.74) is 3.25. The lowest BCUT2D eigenvalue weighted by Crippen LogP contribution is -2.45. The fourth-order valence-corrected chi connectivity index (χ4v) is 3.44. The molecule has 1 aliphatic heterocycles. The topological polar surface area (TPSA) is 83.2 Å². The molecule has 0 spiro atoms. The van der Waals surface area contributed by atoms with E-state index in [2.05, 4.69) is 39.2 Å². The number of ether oxygens (including phenoxy) is 1. The van der Waals surface area contributed by atoms with Gasteiger partial charge in [-0.15, -0.1) is 0 Å². The van der Waals surface area contributed by atoms with E-state index in [4.69, 9.17) is 9.72 Å². The van der Waals surface area contributed by atoms with Crippen molar-refractivity contribution in [2.75, 3.05) is 40.0 Å². The lowest BCUT2D eigenvalue weighted by atomic mass is 9.84. The molecule has 1 saturated heterocycles. The average molecular weight is 359 g/mol. The molecule has 1 unspecified atom stereocenters. The van der Waals surface area contributed by atoms with Crippen LogP contribution in [0.4, 0.5) is 0 Å². The van der Waals surface area contributed by atoms with Gasteiger partial charge < -0.3 is 24.9 Å². The van der Waals surface area contributed by atoms with Crippen molar-refractivity contribution in [1.82, 2.24) is 20.0 Å². The molecule has 7 heteroatoms. The highest BCUT2D eigenvalue weighted by Crippen LogP contribution is 2.31. The quantitative estimate of drug-likeness (QED) is 0.510. The molecular weight excluding hydrogens is 330 g/mol. The maximum atomic E-state index is 9.32. The molecule has 1 atom stereocenters. The number of nitrogens with one attached hydrogen (secondary N) is 2. The van der Waals surface area contributed by atoms with Gasteiger partial charge in [-0.2, -0.15) is 0 Å². The summed E-state index contributed by atoms with van der Waals surface area (Å²) in [6, 6.07) is 4.11. The van der Waals surface area contributed by atoms with Gasteiger partial charge >= 0.3 is 0 Å². The largest absolute Gasteiger partial charge is 0.396 e. The first-order valence-corrected chi connectivity index (χ1v) is 9.22. The van der Waals surface area contributed by atoms with Crippen LogP contribution in [0.1, 0.15) is 24.1 Å². The smallest absolute Gasteiger partial charge is 0.191 e. The summed E-state index contributed by atoms with van der Waals surface area (Å²) in [6.07, 6.45) is 6.64. The molecule has 2 aromatic heterocycles. The minimum absolute atomic E-state index is 0.00545. The third-order valence-electron chi connectivity index (χ3n) is 5.08. The maximum absolute atomic E-state index is 9.32. The van der Waals surface area contributed by atoms with E-state index in [1.54, 1.807) is 7.05 Å². The van der Waals surface area contributed by atoms with Crippen LogP contribution in [0, 0.1) is 12.3 Å². The number of imidazole rings is 1. The highest BCUT2D eigenvalue weighted by Gasteiger charge is 2.34. The van der Waals surface area contributed by atoms with Gasteiger partial charge in [-0.25, -0.2) is 4.98 Å². The summed E-state index contributed by atoms with van der Waals surface area (Å²) in [4.78, 5) is 8.99. The van der Waals surface area contributed by atoms with E-state index >= 15 is 0 Å². The summed E-state index contributed by atoms with van der Waals surface area (Å²) < 4.78 is 7.60. The van der Waals surface area contributed by atoms with Crippen LogP contribution < -0.4 is 10.6 Å². The number of aliphatic hydroxyl groups excluding tert-OH is 1. The molecule has 3 rings (SSSR count). The molecule has 1 fully saturated rings. The number of hydrogen-bond donors (Lipinski definition) is 3. The highest BCUT2D eigenvalue weighted by atomic mass is 16.5. The standard InChI is InChI=1S/C19H29N5O2/c1-15-4-3-9-24-12-16(23-17(15)24)5-8-21-18(20-2)22-13-19(6-10-25)7-11-26-14-19/h3-4,9,12,25H,5-8,10-11,13-14H2,1-2H3,(H2,20,21,22). The molecule has 142 valence electrons. The van der Waals surface area contributed by atoms with Gasteiger partial charge in [0, 0.05) is 57.6 Å². The predicted molar refractivity (Wildman–Crippen MR) is 103 cm³/mol. The van der Waals surface area contributed by atoms with E-state index in [-0.39, 0.29) is 12.0 Å². The first-order valence-electron chi connectivity index (χ1n) is 9.22. The Morgan fingerprint density at radius 1 is 1.46 bits per heavy atom. The zero-order chi connectivity index (χ0) is 18.4. The maximum Gasteiger partial charge on any atom is 0.191 e. The van der Waals surface area contributed by atoms with Gasteiger partial charge in [-0.3, -0.25) is 4.99 Å². The molecule has 1 aliphatic rings. The number of guanidine groups is 1. The Balaban J connectivity index is 1.50. The van der Waals surface area contributed by atoms with Crippen molar-refractivity contribution >= 4 is 11.6 Å². The first kappa shape index (κ1) is 18.7. The third kappa shape index (κ3) is 4.34. The van der Waals surface area contributed by atoms with Crippen LogP contribution in [-0.4, -0.2) is 60.4 Å². The lowest BCUT2D eigenvalue weighted by Gasteiger charge is -2.27. The molecular formula is C19H29N5O2. The van der Waals surface area contributed by atoms with Crippen molar-refractivity contribution in [2.45, 2.75) is 26.2 Å². The van der Waals surface area contributed by atoms with Crippen LogP contribution in [0.15, 0.2) is 29.5 Å². The number of hydrogen-bond acceptors (Lipinski definition) is 4. The van der Waals surface area contributed by atoms with Gasteiger partial charge in [-0.1, -0.05) is 6.07 Å². The molecule has 0 radical (unpaired) electrons. The van der Waals surface area contributed by atoms with Crippen LogP contribution in [0.5, 0.6) is 0 Å². The number of rotatable bonds is 7. The minimum atomic E-state index is 0.00545. The number of aryl methyl sites for hydroxylation is 1. The van der Waals surface area contributed by atoms with Crippen molar-refractivity contribution in [1.29, 1.82) is 0 Å². The third-order valence-corrected chi connectivity index (χ3v) is 5.08. The molecule has 3 N–H and O–H groups in total. The van der Waals surface area contributed by atoms with E-state index < -0.39 is 0 Å². The van der Waals surface area contributed by atoms with Crippen LogP contribution in [-0.2, 0) is 11.2 Å². The second-order valence-corrected chi connectivity index (χ2v) is 7.03. The molecule has 0 amide bonds. The van der Waals surface area contributed by atoms with Crippen LogP contribution in [0.3, 0.4) is 0 Å². The fourth-order valence-electron chi connectivity index (χ4n) is 3.44. The number of aromatic nitrogens is 2. The van der Waals surface area contributed by atoms with Crippen LogP contribution in [0.2, 0.25) is 0 Å². The number of nitrogens with zero attached hydrogens (tertiary/aromatic N) is 3. The van der Waals surface area contributed by atoms with Crippen molar-refractivity contribution < 1.29 is 9.84 Å². The van der Waals surface area contributed by atoms with Crippen LogP contribution >= 0.6 is 0 Å². The summed E-state index contributed by atoms with van der Waals surface area (Å²) in [5.74, 6) is 0.772. The zero-order valence-electron chi connectivity index (χ0n) is 15.7. The molecule has 0 aliphatic carbocycles. The Morgan fingerprint density at radius 2 is 2.35 bits per heavy atom. The molecule has 3 heterocycles. The Bertz CT molecular complexity index is 749. The van der Waals surface area contributed by atoms with E-state index in [1.165, 1.54) is 5.56 Å². The predicted octanol–water partition coefficient (Wildman–Crippen LogP) is 1.14. The second-order valence-electron chi connectivity index (χ2n) is 7.03. The molecule has 7 nitrogen and oxygen atoms in total. The Morgan fingerprint density at radius 3 is 3.04 bits per heavy atom. The monoisotopic (exact) mass is 359 g/mol. The van der Waals surface area contributed by atoms with E-state index in [1.807, 2.05) is 12.3 Å². The van der Waals surface area contributed by atoms with Crippen molar-refractivity contribution in [3.63, 3.8) is 0 Å². The molecule has 0 bridgehead atoms. The highest BCUT2D eigenvalue weighted by molar-refractivity contribution is 5.79. The number of aliphatic imine (C=N–C) groups is 1. The Hall–Kier alpha value is -2.12. The van der Waals surface area contributed by atoms with E-state index in [0.717, 1.165) is 56.3 Å². The van der Waals surface area contributed by atoms with Gasteiger partial charge in [0.05, 0.1) is 12.3 Å². The summed E-state index contributed by atoms with van der Waals surface area (Å²) >= 11 is 0. The molecule has 2 aromatic rings. The molecule has 0 saturated carbocycles. The van der Waals surface area contributed by atoms with Gasteiger partial charge in [-0.05, 0) is 31.4 Å². The van der Waals surface area contributed by atoms with Gasteiger partial charge in [0.1, 0.15) is 5.65 Å². The molecule has 0 aromatic carbocycles. The minimum Gasteiger partial charge on any atom is -0.396 e. The fraction of sp³-hybridized carbons (Fsp3) is 0.579. The summed E-state index contributed by atoms with van der Waals surface area (Å²) in [6.45, 7) is 5.22. The normalized spacial score (nSPS) is 20.7. The molecule has 26 heavy (non-hydrogen) atoms. The van der Waals surface area contributed by atoms with Crippen molar-refractivity contribution in [2.24, 2.45) is 10.4 Å². The Kier molecular flexibility index (Phi) is 6.11. The summed E-state index contributed by atoms with van der Waals surface area (Å²) in [7, 11) is 1.77. The van der Waals surface area contributed by atoms with Gasteiger partial charge in [0.15, 0.2) is 5.96 Å². The first-order chi connectivity index (χ1) is 12.7. The van der Waals surface area contributed by atoms with Crippen molar-refractivity contribution in [3.05, 3.63) is 35.8 Å². The van der Waals surface area contributed by atoms with Gasteiger partial charge in [0.2, 0.25) is 0 Å². The zero-order valence-corrected chi connectivity index (χ0v) is 15.7. The SMILES string of the molecule is CN=C(NCCc1cn2cccc(C)c2n1)NCC1(CCO)CCOC1. The Labute approximate surface area is 154 Å². The number of fused-ring (bicyclic) bond motifs is 1. The van der Waals surface area contributed by atoms with E-state index in [0.29, 0.717) is 6.61 Å². The van der Waals surface area contributed by atoms with E-state index in [9.17, 15) is 5.11 Å². The van der Waals surface area contributed by atoms with Crippen LogP contribution in [0.25, 0.3) is 5.65 Å². The number of pyridine rings is 1. The van der Waals surface area contributed by atoms with Gasteiger partial charge in [0.25, 0.3) is 0 Å².